The first-order chi connectivity index (χ1) is 7.08. The number of aliphatic imine (C=N–C) groups is 1. The smallest absolute Gasteiger partial charge is 0.186 e. The lowest BCUT2D eigenvalue weighted by molar-refractivity contribution is 0.328. The van der Waals surface area contributed by atoms with Crippen LogP contribution in [0.25, 0.3) is 0 Å². The topological polar surface area (TPSA) is 73.6 Å². The second-order valence-corrected chi connectivity index (χ2v) is 3.48. The van der Waals surface area contributed by atoms with Gasteiger partial charge in [-0.1, -0.05) is 6.07 Å². The lowest BCUT2D eigenvalue weighted by Crippen LogP contribution is -2.23. The number of ether oxygens (including phenoxy) is 1. The third-order valence-corrected chi connectivity index (χ3v) is 1.85. The summed E-state index contributed by atoms with van der Waals surface area (Å²) in [5.41, 5.74) is 12.8. The van der Waals surface area contributed by atoms with E-state index in [4.69, 9.17) is 16.2 Å². The third-order valence-electron chi connectivity index (χ3n) is 1.85. The first kappa shape index (κ1) is 15.0. The summed E-state index contributed by atoms with van der Waals surface area (Å²) in [6.45, 7) is 5.04. The Labute approximate surface area is 113 Å². The van der Waals surface area contributed by atoms with Crippen LogP contribution in [-0.4, -0.2) is 19.1 Å². The van der Waals surface area contributed by atoms with E-state index in [2.05, 4.69) is 11.1 Å². The number of nitrogens with zero attached hydrogens (tertiary/aromatic N) is 1. The average Bonchev–Trinajstić information content (AvgIpc) is 2.10. The number of rotatable bonds is 4. The van der Waals surface area contributed by atoms with Crippen LogP contribution in [0, 0.1) is 13.8 Å². The van der Waals surface area contributed by atoms with Gasteiger partial charge in [0, 0.05) is 0 Å². The van der Waals surface area contributed by atoms with E-state index in [1.54, 1.807) is 0 Å². The molecule has 1 aromatic rings. The third kappa shape index (κ3) is 5.79. The zero-order chi connectivity index (χ0) is 11.3. The molecule has 0 amide bonds. The molecule has 16 heavy (non-hydrogen) atoms. The number of hydrogen-bond donors (Lipinski definition) is 2. The Bertz CT molecular complexity index is 342. The van der Waals surface area contributed by atoms with Crippen molar-refractivity contribution in [1.29, 1.82) is 0 Å². The van der Waals surface area contributed by atoms with Gasteiger partial charge in [0.15, 0.2) is 5.96 Å². The predicted molar refractivity (Wildman–Crippen MR) is 77.5 cm³/mol. The monoisotopic (exact) mass is 335 g/mol. The molecule has 0 fully saturated rings. The van der Waals surface area contributed by atoms with Crippen molar-refractivity contribution < 1.29 is 4.74 Å². The minimum atomic E-state index is 0. The average molecular weight is 335 g/mol. The first-order valence-corrected chi connectivity index (χ1v) is 4.84. The lowest BCUT2D eigenvalue weighted by atomic mass is 10.1. The highest BCUT2D eigenvalue weighted by Gasteiger charge is 1.96. The van der Waals surface area contributed by atoms with Crippen molar-refractivity contribution in [3.8, 4) is 5.75 Å². The minimum Gasteiger partial charge on any atom is -0.492 e. The van der Waals surface area contributed by atoms with Crippen molar-refractivity contribution in [3.05, 3.63) is 29.3 Å². The van der Waals surface area contributed by atoms with Crippen LogP contribution in [0.1, 0.15) is 11.1 Å². The van der Waals surface area contributed by atoms with E-state index >= 15 is 0 Å². The van der Waals surface area contributed by atoms with Crippen LogP contribution in [0.5, 0.6) is 5.75 Å². The molecule has 0 unspecified atom stereocenters. The maximum Gasteiger partial charge on any atom is 0.186 e. The van der Waals surface area contributed by atoms with Gasteiger partial charge in [-0.2, -0.15) is 0 Å². The molecule has 0 bridgehead atoms. The van der Waals surface area contributed by atoms with Crippen LogP contribution in [0.3, 0.4) is 0 Å². The Hall–Kier alpha value is -0.980. The van der Waals surface area contributed by atoms with Crippen LogP contribution < -0.4 is 16.2 Å². The summed E-state index contributed by atoms with van der Waals surface area (Å²) in [7, 11) is 0. The molecule has 0 aliphatic rings. The highest BCUT2D eigenvalue weighted by atomic mass is 127. The van der Waals surface area contributed by atoms with E-state index < -0.39 is 0 Å². The number of halogens is 1. The number of nitrogens with two attached hydrogens (primary N) is 2. The van der Waals surface area contributed by atoms with Crippen LogP contribution in [0.4, 0.5) is 0 Å². The predicted octanol–water partition coefficient (Wildman–Crippen LogP) is 1.57. The van der Waals surface area contributed by atoms with Gasteiger partial charge >= 0.3 is 0 Å². The van der Waals surface area contributed by atoms with Crippen molar-refractivity contribution in [2.45, 2.75) is 13.8 Å². The number of hydrogen-bond acceptors (Lipinski definition) is 2. The molecule has 0 aliphatic carbocycles. The number of benzene rings is 1. The zero-order valence-electron chi connectivity index (χ0n) is 9.56. The van der Waals surface area contributed by atoms with Crippen molar-refractivity contribution in [3.63, 3.8) is 0 Å². The van der Waals surface area contributed by atoms with Crippen molar-refractivity contribution in [2.24, 2.45) is 16.5 Å². The molecule has 0 saturated heterocycles. The van der Waals surface area contributed by atoms with E-state index in [1.165, 1.54) is 11.1 Å². The standard InChI is InChI=1S/C11H17N3O.HI/c1-8-5-9(2)7-10(6-8)15-4-3-14-11(12)13;/h5-7H,3-4H2,1-2H3,(H4,12,13,14);1H. The highest BCUT2D eigenvalue weighted by Crippen LogP contribution is 2.15. The van der Waals surface area contributed by atoms with Crippen LogP contribution in [-0.2, 0) is 0 Å². The zero-order valence-corrected chi connectivity index (χ0v) is 11.9. The van der Waals surface area contributed by atoms with Crippen molar-refractivity contribution in [1.82, 2.24) is 0 Å². The van der Waals surface area contributed by atoms with Gasteiger partial charge in [0.2, 0.25) is 0 Å². The largest absolute Gasteiger partial charge is 0.492 e. The van der Waals surface area contributed by atoms with Gasteiger partial charge in [-0.05, 0) is 37.1 Å². The molecule has 0 saturated carbocycles. The maximum atomic E-state index is 5.50. The second-order valence-electron chi connectivity index (χ2n) is 3.48. The summed E-state index contributed by atoms with van der Waals surface area (Å²) in [6.07, 6.45) is 0. The molecular formula is C11H18IN3O. The molecule has 4 N–H and O–H groups in total. The van der Waals surface area contributed by atoms with E-state index in [9.17, 15) is 0 Å². The molecule has 90 valence electrons. The van der Waals surface area contributed by atoms with Crippen LogP contribution in [0.15, 0.2) is 23.2 Å². The SMILES string of the molecule is Cc1cc(C)cc(OCCN=C(N)N)c1.I. The van der Waals surface area contributed by atoms with Gasteiger partial charge in [0.05, 0.1) is 6.54 Å². The fourth-order valence-corrected chi connectivity index (χ4v) is 1.35. The quantitative estimate of drug-likeness (QED) is 0.380. The minimum absolute atomic E-state index is 0. The molecule has 4 nitrogen and oxygen atoms in total. The molecule has 0 spiro atoms. The molecule has 0 heterocycles. The molecule has 1 aromatic carbocycles. The number of guanidine groups is 1. The second kappa shape index (κ2) is 7.32. The van der Waals surface area contributed by atoms with E-state index in [-0.39, 0.29) is 29.9 Å². The number of aryl methyl sites for hydroxylation is 2. The van der Waals surface area contributed by atoms with E-state index in [0.717, 1.165) is 5.75 Å². The summed E-state index contributed by atoms with van der Waals surface area (Å²) in [5.74, 6) is 0.956. The van der Waals surface area contributed by atoms with E-state index in [1.807, 2.05) is 26.0 Å². The Morgan fingerprint density at radius 1 is 1.19 bits per heavy atom. The molecule has 0 aromatic heterocycles. The normalized spacial score (nSPS) is 9.12. The molecular weight excluding hydrogens is 317 g/mol. The van der Waals surface area contributed by atoms with Crippen molar-refractivity contribution >= 4 is 29.9 Å². The van der Waals surface area contributed by atoms with Gasteiger partial charge in [0.1, 0.15) is 12.4 Å². The molecule has 0 aliphatic heterocycles. The molecule has 0 atom stereocenters. The maximum absolute atomic E-state index is 5.50. The lowest BCUT2D eigenvalue weighted by Gasteiger charge is -2.06. The molecule has 1 rings (SSSR count). The summed E-state index contributed by atoms with van der Waals surface area (Å²) in [5, 5.41) is 0. The van der Waals surface area contributed by atoms with E-state index in [0.29, 0.717) is 13.2 Å². The Morgan fingerprint density at radius 3 is 2.25 bits per heavy atom. The fraction of sp³-hybridized carbons (Fsp3) is 0.364. The Morgan fingerprint density at radius 2 is 1.75 bits per heavy atom. The van der Waals surface area contributed by atoms with Crippen LogP contribution >= 0.6 is 24.0 Å². The summed E-state index contributed by atoms with van der Waals surface area (Å²) in [6, 6.07) is 6.08. The first-order valence-electron chi connectivity index (χ1n) is 4.84. The molecule has 0 radical (unpaired) electrons. The Balaban J connectivity index is 0.00000225. The summed E-state index contributed by atoms with van der Waals surface area (Å²) >= 11 is 0. The van der Waals surface area contributed by atoms with Crippen molar-refractivity contribution in [2.75, 3.05) is 13.2 Å². The molecule has 5 heteroatoms. The highest BCUT2D eigenvalue weighted by molar-refractivity contribution is 14.0. The van der Waals surface area contributed by atoms with Gasteiger partial charge < -0.3 is 16.2 Å². The van der Waals surface area contributed by atoms with Gasteiger partial charge in [-0.3, -0.25) is 4.99 Å². The van der Waals surface area contributed by atoms with Gasteiger partial charge in [-0.25, -0.2) is 0 Å². The van der Waals surface area contributed by atoms with Gasteiger partial charge in [-0.15, -0.1) is 24.0 Å². The van der Waals surface area contributed by atoms with Crippen LogP contribution in [0.2, 0.25) is 0 Å². The fourth-order valence-electron chi connectivity index (χ4n) is 1.35. The summed E-state index contributed by atoms with van der Waals surface area (Å²) in [4.78, 5) is 3.83. The summed E-state index contributed by atoms with van der Waals surface area (Å²) < 4.78 is 5.50. The Kier molecular flexibility index (Phi) is 6.87. The van der Waals surface area contributed by atoms with Gasteiger partial charge in [0.25, 0.3) is 0 Å².